The van der Waals surface area contributed by atoms with Crippen LogP contribution in [0.2, 0.25) is 0 Å². The summed E-state index contributed by atoms with van der Waals surface area (Å²) in [6.07, 6.45) is 0. The highest BCUT2D eigenvalue weighted by atomic mass is 32.1. The molecule has 1 heterocycles. The number of thiazole rings is 1. The number of ether oxygens (including phenoxy) is 1. The van der Waals surface area contributed by atoms with Crippen LogP contribution in [0.5, 0.6) is 0 Å². The number of non-ortho nitro benzene ring substituents is 1. The average molecular weight is 401 g/mol. The Morgan fingerprint density at radius 3 is 2.68 bits per heavy atom. The number of anilines is 1. The van der Waals surface area contributed by atoms with Crippen LogP contribution in [0.3, 0.4) is 0 Å². The van der Waals surface area contributed by atoms with Gasteiger partial charge in [0.2, 0.25) is 0 Å². The van der Waals surface area contributed by atoms with Gasteiger partial charge in [0.1, 0.15) is 10.8 Å². The Kier molecular flexibility index (Phi) is 5.70. The Morgan fingerprint density at radius 1 is 1.21 bits per heavy atom. The van der Waals surface area contributed by atoms with E-state index in [-0.39, 0.29) is 22.9 Å². The van der Waals surface area contributed by atoms with Gasteiger partial charge in [-0.1, -0.05) is 6.07 Å². The highest BCUT2D eigenvalue weighted by Crippen LogP contribution is 2.24. The van der Waals surface area contributed by atoms with Crippen LogP contribution in [0, 0.1) is 15.9 Å². The number of carbonyl (C=O) groups excluding carboxylic acids is 2. The van der Waals surface area contributed by atoms with E-state index >= 15 is 0 Å². The van der Waals surface area contributed by atoms with E-state index in [0.717, 1.165) is 0 Å². The van der Waals surface area contributed by atoms with Crippen LogP contribution in [0.25, 0.3) is 10.6 Å². The average Bonchev–Trinajstić information content (AvgIpc) is 3.17. The maximum Gasteiger partial charge on any atom is 0.358 e. The second kappa shape index (κ2) is 8.35. The quantitative estimate of drug-likeness (QED) is 0.383. The number of hydrogen-bond acceptors (Lipinski definition) is 7. The smallest absolute Gasteiger partial charge is 0.358 e. The van der Waals surface area contributed by atoms with E-state index in [0.29, 0.717) is 10.6 Å². The van der Waals surface area contributed by atoms with Gasteiger partial charge in [-0.25, -0.2) is 14.2 Å². The zero-order valence-corrected chi connectivity index (χ0v) is 14.9. The van der Waals surface area contributed by atoms with E-state index in [1.54, 1.807) is 0 Å². The summed E-state index contributed by atoms with van der Waals surface area (Å²) in [5.41, 5.74) is 0.703. The SMILES string of the molecule is O=C(COC(=O)c1csc(-c2ccc(F)cc2)n1)Nc1cccc([N+](=O)[O-])c1. The predicted octanol–water partition coefficient (Wildman–Crippen LogP) is 3.65. The van der Waals surface area contributed by atoms with Gasteiger partial charge >= 0.3 is 5.97 Å². The zero-order chi connectivity index (χ0) is 20.1. The molecule has 0 atom stereocenters. The van der Waals surface area contributed by atoms with Crippen molar-refractivity contribution in [1.82, 2.24) is 4.98 Å². The molecule has 0 radical (unpaired) electrons. The number of halogens is 1. The molecule has 10 heteroatoms. The van der Waals surface area contributed by atoms with E-state index in [4.69, 9.17) is 4.74 Å². The Hall–Kier alpha value is -3.66. The van der Waals surface area contributed by atoms with E-state index < -0.39 is 23.4 Å². The third-order valence-electron chi connectivity index (χ3n) is 3.48. The van der Waals surface area contributed by atoms with Crippen LogP contribution in [0.4, 0.5) is 15.8 Å². The number of nitrogens with one attached hydrogen (secondary N) is 1. The minimum atomic E-state index is -0.793. The van der Waals surface area contributed by atoms with Gasteiger partial charge in [-0.2, -0.15) is 0 Å². The lowest BCUT2D eigenvalue weighted by molar-refractivity contribution is -0.384. The van der Waals surface area contributed by atoms with Crippen molar-refractivity contribution in [2.45, 2.75) is 0 Å². The Morgan fingerprint density at radius 2 is 1.96 bits per heavy atom. The van der Waals surface area contributed by atoms with E-state index in [1.165, 1.54) is 65.2 Å². The molecule has 142 valence electrons. The van der Waals surface area contributed by atoms with Crippen LogP contribution in [0.1, 0.15) is 10.5 Å². The molecule has 3 rings (SSSR count). The zero-order valence-electron chi connectivity index (χ0n) is 14.1. The second-order valence-electron chi connectivity index (χ2n) is 5.48. The highest BCUT2D eigenvalue weighted by Gasteiger charge is 2.15. The normalized spacial score (nSPS) is 10.3. The lowest BCUT2D eigenvalue weighted by Crippen LogP contribution is -2.21. The van der Waals surface area contributed by atoms with E-state index in [2.05, 4.69) is 10.3 Å². The van der Waals surface area contributed by atoms with Crippen molar-refractivity contribution in [2.75, 3.05) is 11.9 Å². The fourth-order valence-electron chi connectivity index (χ4n) is 2.19. The van der Waals surface area contributed by atoms with Gasteiger partial charge in [-0.15, -0.1) is 11.3 Å². The number of hydrogen-bond donors (Lipinski definition) is 1. The number of rotatable bonds is 6. The van der Waals surface area contributed by atoms with Gasteiger partial charge in [-0.3, -0.25) is 14.9 Å². The lowest BCUT2D eigenvalue weighted by atomic mass is 10.2. The number of benzene rings is 2. The molecule has 0 saturated heterocycles. The molecular formula is C18H12FN3O5S. The molecule has 2 aromatic carbocycles. The molecule has 0 aliphatic heterocycles. The van der Waals surface area contributed by atoms with Crippen LogP contribution in [-0.2, 0) is 9.53 Å². The fourth-order valence-corrected chi connectivity index (χ4v) is 2.99. The van der Waals surface area contributed by atoms with Crippen molar-refractivity contribution >= 4 is 34.6 Å². The largest absolute Gasteiger partial charge is 0.451 e. The summed E-state index contributed by atoms with van der Waals surface area (Å²) < 4.78 is 17.9. The van der Waals surface area contributed by atoms with Crippen molar-refractivity contribution in [3.63, 3.8) is 0 Å². The minimum absolute atomic E-state index is 0.0208. The van der Waals surface area contributed by atoms with Crippen molar-refractivity contribution in [3.8, 4) is 10.6 Å². The summed E-state index contributed by atoms with van der Waals surface area (Å²) in [6, 6.07) is 11.0. The highest BCUT2D eigenvalue weighted by molar-refractivity contribution is 7.13. The number of esters is 1. The molecular weight excluding hydrogens is 389 g/mol. The van der Waals surface area contributed by atoms with Gasteiger partial charge < -0.3 is 10.1 Å². The number of nitro benzene ring substituents is 1. The molecule has 0 saturated carbocycles. The lowest BCUT2D eigenvalue weighted by Gasteiger charge is -2.05. The Labute approximate surface area is 161 Å². The maximum atomic E-state index is 13.0. The Bertz CT molecular complexity index is 1040. The monoisotopic (exact) mass is 401 g/mol. The second-order valence-corrected chi connectivity index (χ2v) is 6.33. The first-order valence-corrected chi connectivity index (χ1v) is 8.73. The molecule has 28 heavy (non-hydrogen) atoms. The first kappa shape index (κ1) is 19.1. The number of nitrogens with zero attached hydrogens (tertiary/aromatic N) is 2. The molecule has 1 aromatic heterocycles. The van der Waals surface area contributed by atoms with E-state index in [9.17, 15) is 24.1 Å². The Balaban J connectivity index is 1.57. The number of nitro groups is 1. The molecule has 0 unspecified atom stereocenters. The molecule has 1 amide bonds. The number of aromatic nitrogens is 1. The van der Waals surface area contributed by atoms with Crippen molar-refractivity contribution < 1.29 is 23.6 Å². The van der Waals surface area contributed by atoms with E-state index in [1.807, 2.05) is 0 Å². The third-order valence-corrected chi connectivity index (χ3v) is 4.37. The maximum absolute atomic E-state index is 13.0. The van der Waals surface area contributed by atoms with Crippen LogP contribution < -0.4 is 5.32 Å². The predicted molar refractivity (Wildman–Crippen MR) is 99.5 cm³/mol. The van der Waals surface area contributed by atoms with Crippen LogP contribution in [0.15, 0.2) is 53.9 Å². The number of carbonyl (C=O) groups is 2. The van der Waals surface area contributed by atoms with Crippen molar-refractivity contribution in [3.05, 3.63) is 75.5 Å². The molecule has 0 spiro atoms. The molecule has 0 fully saturated rings. The molecule has 3 aromatic rings. The molecule has 0 bridgehead atoms. The third kappa shape index (κ3) is 4.74. The molecule has 1 N–H and O–H groups in total. The summed E-state index contributed by atoms with van der Waals surface area (Å²) >= 11 is 1.18. The first-order valence-electron chi connectivity index (χ1n) is 7.85. The van der Waals surface area contributed by atoms with Gasteiger partial charge in [0, 0.05) is 28.8 Å². The summed E-state index contributed by atoms with van der Waals surface area (Å²) in [5, 5.41) is 15.1. The van der Waals surface area contributed by atoms with Crippen molar-refractivity contribution in [2.24, 2.45) is 0 Å². The van der Waals surface area contributed by atoms with Gasteiger partial charge in [0.25, 0.3) is 11.6 Å². The minimum Gasteiger partial charge on any atom is -0.451 e. The summed E-state index contributed by atoms with van der Waals surface area (Å²) in [5.74, 6) is -1.82. The molecule has 0 aliphatic carbocycles. The number of amides is 1. The summed E-state index contributed by atoms with van der Waals surface area (Å²) in [7, 11) is 0. The summed E-state index contributed by atoms with van der Waals surface area (Å²) in [6.45, 7) is -0.578. The first-order chi connectivity index (χ1) is 13.4. The van der Waals surface area contributed by atoms with Gasteiger partial charge in [-0.05, 0) is 30.3 Å². The summed E-state index contributed by atoms with van der Waals surface area (Å²) in [4.78, 5) is 38.2. The van der Waals surface area contributed by atoms with Gasteiger partial charge in [0.15, 0.2) is 12.3 Å². The standard InChI is InChI=1S/C18H12FN3O5S/c19-12-6-4-11(5-7-12)17-21-15(10-28-17)18(24)27-9-16(23)20-13-2-1-3-14(8-13)22(25)26/h1-8,10H,9H2,(H,20,23). The van der Waals surface area contributed by atoms with Gasteiger partial charge in [0.05, 0.1) is 4.92 Å². The van der Waals surface area contributed by atoms with Crippen LogP contribution in [-0.4, -0.2) is 28.4 Å². The molecule has 0 aliphatic rings. The van der Waals surface area contributed by atoms with Crippen LogP contribution >= 0.6 is 11.3 Å². The fraction of sp³-hybridized carbons (Fsp3) is 0.0556. The van der Waals surface area contributed by atoms with Crippen molar-refractivity contribution in [1.29, 1.82) is 0 Å². The topological polar surface area (TPSA) is 111 Å². The molecule has 8 nitrogen and oxygen atoms in total.